The van der Waals surface area contributed by atoms with Crippen molar-refractivity contribution in [2.45, 2.75) is 40.2 Å². The van der Waals surface area contributed by atoms with Gasteiger partial charge in [-0.25, -0.2) is 4.98 Å². The summed E-state index contributed by atoms with van der Waals surface area (Å²) < 4.78 is 11.3. The maximum atomic E-state index is 5.74. The van der Waals surface area contributed by atoms with Crippen LogP contribution in [-0.4, -0.2) is 31.1 Å². The molecule has 0 aliphatic rings. The van der Waals surface area contributed by atoms with Crippen molar-refractivity contribution in [3.63, 3.8) is 0 Å². The summed E-state index contributed by atoms with van der Waals surface area (Å²) in [5, 5.41) is 6.38. The minimum absolute atomic E-state index is 0.492. The molecule has 1 aromatic heterocycles. The molecule has 0 fully saturated rings. The number of hydrogen-bond donors (Lipinski definition) is 2. The van der Waals surface area contributed by atoms with Crippen molar-refractivity contribution >= 4 is 5.96 Å². The summed E-state index contributed by atoms with van der Waals surface area (Å²) in [5.41, 5.74) is 2.23. The number of nitrogens with zero attached hydrogens (tertiary/aromatic N) is 2. The van der Waals surface area contributed by atoms with E-state index in [9.17, 15) is 0 Å². The van der Waals surface area contributed by atoms with Crippen LogP contribution in [0.5, 0.6) is 5.75 Å². The molecule has 6 heteroatoms. The highest BCUT2D eigenvalue weighted by Gasteiger charge is 2.06. The summed E-state index contributed by atoms with van der Waals surface area (Å²) in [6.07, 6.45) is 0. The molecule has 0 bridgehead atoms. The zero-order valence-corrected chi connectivity index (χ0v) is 15.7. The Morgan fingerprint density at radius 3 is 2.48 bits per heavy atom. The fraction of sp³-hybridized carbons (Fsp3) is 0.474. The van der Waals surface area contributed by atoms with E-state index in [1.165, 1.54) is 5.56 Å². The number of benzene rings is 1. The molecule has 2 aromatic rings. The van der Waals surface area contributed by atoms with E-state index in [1.54, 1.807) is 7.05 Å². The van der Waals surface area contributed by atoms with Crippen LogP contribution in [0.15, 0.2) is 33.7 Å². The second kappa shape index (κ2) is 9.11. The highest BCUT2D eigenvalue weighted by Crippen LogP contribution is 2.18. The number of ether oxygens (including phenoxy) is 1. The Balaban J connectivity index is 1.70. The monoisotopic (exact) mass is 344 g/mol. The smallest absolute Gasteiger partial charge is 0.214 e. The minimum atomic E-state index is 0.492. The van der Waals surface area contributed by atoms with E-state index in [0.717, 1.165) is 17.2 Å². The largest absolute Gasteiger partial charge is 0.492 e. The fourth-order valence-corrected chi connectivity index (χ4v) is 2.28. The normalized spacial score (nSPS) is 11.7. The van der Waals surface area contributed by atoms with E-state index in [1.807, 2.05) is 26.0 Å². The number of nitrogens with one attached hydrogen (secondary N) is 2. The molecule has 1 aromatic carbocycles. The number of aromatic nitrogens is 1. The lowest BCUT2D eigenvalue weighted by molar-refractivity contribution is 0.321. The van der Waals surface area contributed by atoms with Crippen LogP contribution in [0.2, 0.25) is 0 Å². The van der Waals surface area contributed by atoms with Gasteiger partial charge in [0.1, 0.15) is 18.1 Å². The molecule has 25 heavy (non-hydrogen) atoms. The van der Waals surface area contributed by atoms with Crippen molar-refractivity contribution in [1.29, 1.82) is 0 Å². The number of guanidine groups is 1. The molecular formula is C19H28N4O2. The summed E-state index contributed by atoms with van der Waals surface area (Å²) in [5.74, 6) is 3.59. The van der Waals surface area contributed by atoms with E-state index in [0.29, 0.717) is 37.5 Å². The van der Waals surface area contributed by atoms with Gasteiger partial charge in [0.05, 0.1) is 18.8 Å². The van der Waals surface area contributed by atoms with E-state index in [-0.39, 0.29) is 0 Å². The molecule has 0 spiro atoms. The molecular weight excluding hydrogens is 316 g/mol. The molecule has 0 amide bonds. The molecule has 0 radical (unpaired) electrons. The lowest BCUT2D eigenvalue weighted by Gasteiger charge is -2.12. The van der Waals surface area contributed by atoms with Crippen LogP contribution in [0.3, 0.4) is 0 Å². The van der Waals surface area contributed by atoms with Crippen LogP contribution in [0.4, 0.5) is 0 Å². The van der Waals surface area contributed by atoms with Gasteiger partial charge >= 0.3 is 0 Å². The molecule has 0 aliphatic carbocycles. The Morgan fingerprint density at radius 1 is 1.20 bits per heavy atom. The van der Waals surface area contributed by atoms with Gasteiger partial charge in [0.25, 0.3) is 0 Å². The average molecular weight is 344 g/mol. The summed E-state index contributed by atoms with van der Waals surface area (Å²) >= 11 is 0. The van der Waals surface area contributed by atoms with Crippen molar-refractivity contribution in [3.8, 4) is 5.75 Å². The molecule has 0 saturated carbocycles. The van der Waals surface area contributed by atoms with Gasteiger partial charge < -0.3 is 19.8 Å². The number of oxazole rings is 1. The highest BCUT2D eigenvalue weighted by atomic mass is 16.5. The maximum Gasteiger partial charge on any atom is 0.214 e. The second-order valence-corrected chi connectivity index (χ2v) is 6.17. The van der Waals surface area contributed by atoms with Crippen LogP contribution in [0.1, 0.15) is 42.7 Å². The first-order valence-electron chi connectivity index (χ1n) is 8.59. The van der Waals surface area contributed by atoms with Crippen LogP contribution in [0, 0.1) is 13.8 Å². The molecule has 0 atom stereocenters. The second-order valence-electron chi connectivity index (χ2n) is 6.17. The molecule has 0 saturated heterocycles. The highest BCUT2D eigenvalue weighted by molar-refractivity contribution is 5.79. The maximum absolute atomic E-state index is 5.74. The molecule has 0 unspecified atom stereocenters. The van der Waals surface area contributed by atoms with Crippen LogP contribution < -0.4 is 15.4 Å². The van der Waals surface area contributed by atoms with E-state index in [2.05, 4.69) is 46.6 Å². The summed E-state index contributed by atoms with van der Waals surface area (Å²) in [6.45, 7) is 9.89. The van der Waals surface area contributed by atoms with E-state index in [4.69, 9.17) is 9.15 Å². The average Bonchev–Trinajstić information content (AvgIpc) is 2.92. The van der Waals surface area contributed by atoms with Crippen molar-refractivity contribution in [3.05, 3.63) is 47.2 Å². The fourth-order valence-electron chi connectivity index (χ4n) is 2.28. The van der Waals surface area contributed by atoms with Gasteiger partial charge in [0, 0.05) is 7.05 Å². The topological polar surface area (TPSA) is 71.7 Å². The first kappa shape index (κ1) is 18.8. The molecule has 136 valence electrons. The van der Waals surface area contributed by atoms with Gasteiger partial charge in [-0.3, -0.25) is 4.99 Å². The minimum Gasteiger partial charge on any atom is -0.492 e. The first-order valence-corrected chi connectivity index (χ1v) is 8.59. The Labute approximate surface area is 149 Å². The predicted molar refractivity (Wildman–Crippen MR) is 100 cm³/mol. The lowest BCUT2D eigenvalue weighted by atomic mass is 10.0. The van der Waals surface area contributed by atoms with Crippen molar-refractivity contribution in [2.24, 2.45) is 4.99 Å². The first-order chi connectivity index (χ1) is 12.0. The molecule has 6 nitrogen and oxygen atoms in total. The third kappa shape index (κ3) is 5.81. The third-order valence-electron chi connectivity index (χ3n) is 3.91. The molecule has 1 heterocycles. The van der Waals surface area contributed by atoms with Crippen molar-refractivity contribution in [1.82, 2.24) is 15.6 Å². The van der Waals surface area contributed by atoms with Gasteiger partial charge in [-0.1, -0.05) is 26.0 Å². The Morgan fingerprint density at radius 2 is 1.92 bits per heavy atom. The van der Waals surface area contributed by atoms with E-state index >= 15 is 0 Å². The number of aliphatic imine (C=N–C) groups is 1. The standard InChI is InChI=1S/C19H28N4O2/c1-13(2)16-6-8-17(9-7-16)24-11-10-21-19(20-5)22-12-18-23-14(3)15(4)25-18/h6-9,13H,10-12H2,1-5H3,(H2,20,21,22). The van der Waals surface area contributed by atoms with Gasteiger partial charge in [-0.2, -0.15) is 0 Å². The third-order valence-corrected chi connectivity index (χ3v) is 3.91. The van der Waals surface area contributed by atoms with Gasteiger partial charge in [0.15, 0.2) is 5.96 Å². The van der Waals surface area contributed by atoms with Gasteiger partial charge in [-0.05, 0) is 37.5 Å². The Kier molecular flexibility index (Phi) is 6.86. The number of rotatable bonds is 7. The van der Waals surface area contributed by atoms with Crippen LogP contribution in [-0.2, 0) is 6.54 Å². The van der Waals surface area contributed by atoms with Crippen molar-refractivity contribution < 1.29 is 9.15 Å². The summed E-state index contributed by atoms with van der Waals surface area (Å²) in [6, 6.07) is 8.23. The molecule has 2 rings (SSSR count). The molecule has 0 aliphatic heterocycles. The zero-order valence-electron chi connectivity index (χ0n) is 15.7. The zero-order chi connectivity index (χ0) is 18.2. The van der Waals surface area contributed by atoms with E-state index < -0.39 is 0 Å². The quantitative estimate of drug-likeness (QED) is 0.459. The van der Waals surface area contributed by atoms with Gasteiger partial charge in [-0.15, -0.1) is 0 Å². The predicted octanol–water partition coefficient (Wildman–Crippen LogP) is 3.16. The number of aryl methyl sites for hydroxylation is 2. The summed E-state index contributed by atoms with van der Waals surface area (Å²) in [4.78, 5) is 8.51. The SMILES string of the molecule is CN=C(NCCOc1ccc(C(C)C)cc1)NCc1nc(C)c(C)o1. The number of hydrogen-bond acceptors (Lipinski definition) is 4. The Hall–Kier alpha value is -2.50. The summed E-state index contributed by atoms with van der Waals surface area (Å²) in [7, 11) is 1.73. The molecule has 2 N–H and O–H groups in total. The van der Waals surface area contributed by atoms with Gasteiger partial charge in [0.2, 0.25) is 5.89 Å². The Bertz CT molecular complexity index is 670. The van der Waals surface area contributed by atoms with Crippen molar-refractivity contribution in [2.75, 3.05) is 20.2 Å². The van der Waals surface area contributed by atoms with Crippen LogP contribution >= 0.6 is 0 Å². The van der Waals surface area contributed by atoms with Crippen LogP contribution in [0.25, 0.3) is 0 Å². The lowest BCUT2D eigenvalue weighted by Crippen LogP contribution is -2.38.